The predicted molar refractivity (Wildman–Crippen MR) is 44.7 cm³/mol. The highest BCUT2D eigenvalue weighted by molar-refractivity contribution is 6.64. The van der Waals surface area contributed by atoms with E-state index in [1.54, 1.807) is 6.92 Å². The molecule has 0 saturated carbocycles. The van der Waals surface area contributed by atoms with Gasteiger partial charge in [0.1, 0.15) is 0 Å². The van der Waals surface area contributed by atoms with E-state index in [4.69, 9.17) is 23.2 Å². The summed E-state index contributed by atoms with van der Waals surface area (Å²) in [4.78, 5) is 20.7. The highest BCUT2D eigenvalue weighted by atomic mass is 35.5. The van der Waals surface area contributed by atoms with E-state index < -0.39 is 0 Å². The fourth-order valence-corrected chi connectivity index (χ4v) is 0.903. The Kier molecular flexibility index (Phi) is 5.51. The molecule has 0 saturated heterocycles. The molecule has 0 aliphatic heterocycles. The molecule has 0 aliphatic carbocycles. The molecular formula is C7H10Cl2O2. The molecule has 11 heavy (non-hydrogen) atoms. The highest BCUT2D eigenvalue weighted by Crippen LogP contribution is 2.11. The van der Waals surface area contributed by atoms with Gasteiger partial charge in [-0.15, -0.1) is 0 Å². The second-order valence-electron chi connectivity index (χ2n) is 2.45. The van der Waals surface area contributed by atoms with Gasteiger partial charge in [0.15, 0.2) is 0 Å². The number of rotatable bonds is 5. The van der Waals surface area contributed by atoms with E-state index in [9.17, 15) is 9.59 Å². The molecule has 0 aromatic rings. The molecule has 0 fully saturated rings. The normalized spacial score (nSPS) is 12.6. The van der Waals surface area contributed by atoms with Crippen molar-refractivity contribution in [1.29, 1.82) is 0 Å². The summed E-state index contributed by atoms with van der Waals surface area (Å²) in [5, 5.41) is -0.716. The quantitative estimate of drug-likeness (QED) is 0.633. The van der Waals surface area contributed by atoms with Crippen molar-refractivity contribution in [1.82, 2.24) is 0 Å². The lowest BCUT2D eigenvalue weighted by Crippen LogP contribution is -2.03. The molecule has 64 valence electrons. The van der Waals surface area contributed by atoms with Crippen molar-refractivity contribution in [3.8, 4) is 0 Å². The first-order chi connectivity index (χ1) is 5.04. The second-order valence-corrected chi connectivity index (χ2v) is 3.25. The molecule has 0 aliphatic rings. The maximum Gasteiger partial charge on any atom is 0.224 e. The molecule has 0 amide bonds. The van der Waals surface area contributed by atoms with E-state index in [-0.39, 0.29) is 16.4 Å². The van der Waals surface area contributed by atoms with Crippen LogP contribution in [0.5, 0.6) is 0 Å². The van der Waals surface area contributed by atoms with E-state index in [0.717, 1.165) is 0 Å². The van der Waals surface area contributed by atoms with E-state index in [0.29, 0.717) is 19.3 Å². The lowest BCUT2D eigenvalue weighted by Gasteiger charge is -2.02. The van der Waals surface area contributed by atoms with Gasteiger partial charge in [-0.2, -0.15) is 0 Å². The molecule has 0 rings (SSSR count). The molecule has 4 heteroatoms. The fourth-order valence-electron chi connectivity index (χ4n) is 0.661. The van der Waals surface area contributed by atoms with Crippen LogP contribution in [-0.4, -0.2) is 10.5 Å². The van der Waals surface area contributed by atoms with E-state index >= 15 is 0 Å². The minimum atomic E-state index is -0.362. The zero-order chi connectivity index (χ0) is 8.85. The molecule has 0 spiro atoms. The first kappa shape index (κ1) is 10.9. The van der Waals surface area contributed by atoms with Crippen molar-refractivity contribution in [3.05, 3.63) is 0 Å². The third-order valence-corrected chi connectivity index (χ3v) is 1.96. The van der Waals surface area contributed by atoms with E-state index in [1.165, 1.54) is 0 Å². The van der Waals surface area contributed by atoms with Gasteiger partial charge in [0.2, 0.25) is 10.5 Å². The molecule has 0 aromatic carbocycles. The number of carbonyl (C=O) groups is 2. The lowest BCUT2D eigenvalue weighted by atomic mass is 10.1. The maximum absolute atomic E-state index is 10.5. The average Bonchev–Trinajstić information content (AvgIpc) is 1.86. The average molecular weight is 197 g/mol. The van der Waals surface area contributed by atoms with Crippen LogP contribution in [0.4, 0.5) is 0 Å². The van der Waals surface area contributed by atoms with Crippen LogP contribution in [-0.2, 0) is 9.59 Å². The lowest BCUT2D eigenvalue weighted by molar-refractivity contribution is -0.115. The van der Waals surface area contributed by atoms with Gasteiger partial charge in [-0.25, -0.2) is 0 Å². The van der Waals surface area contributed by atoms with Crippen molar-refractivity contribution in [3.63, 3.8) is 0 Å². The SMILES string of the molecule is C[C@H](CCCC(=O)Cl)C(=O)Cl. The Balaban J connectivity index is 3.39. The summed E-state index contributed by atoms with van der Waals surface area (Å²) in [7, 11) is 0. The minimum absolute atomic E-state index is 0.173. The molecule has 2 nitrogen and oxygen atoms in total. The minimum Gasteiger partial charge on any atom is -0.281 e. The number of halogens is 2. The fraction of sp³-hybridized carbons (Fsp3) is 0.714. The molecular weight excluding hydrogens is 187 g/mol. The highest BCUT2D eigenvalue weighted by Gasteiger charge is 2.09. The molecule has 0 heterocycles. The van der Waals surface area contributed by atoms with Gasteiger partial charge in [0, 0.05) is 12.3 Å². The third-order valence-electron chi connectivity index (χ3n) is 1.40. The number of hydrogen-bond donors (Lipinski definition) is 0. The van der Waals surface area contributed by atoms with Crippen molar-refractivity contribution < 1.29 is 9.59 Å². The number of hydrogen-bond acceptors (Lipinski definition) is 2. The van der Waals surface area contributed by atoms with Crippen LogP contribution < -0.4 is 0 Å². The van der Waals surface area contributed by atoms with Gasteiger partial charge in [-0.3, -0.25) is 9.59 Å². The van der Waals surface area contributed by atoms with Crippen molar-refractivity contribution >= 4 is 33.7 Å². The Labute approximate surface area is 75.9 Å². The second kappa shape index (κ2) is 5.56. The van der Waals surface area contributed by atoms with Gasteiger partial charge < -0.3 is 0 Å². The topological polar surface area (TPSA) is 34.1 Å². The van der Waals surface area contributed by atoms with E-state index in [2.05, 4.69) is 0 Å². The van der Waals surface area contributed by atoms with Crippen LogP contribution in [0.25, 0.3) is 0 Å². The van der Waals surface area contributed by atoms with E-state index in [1.807, 2.05) is 0 Å². The van der Waals surface area contributed by atoms with Crippen LogP contribution in [0.2, 0.25) is 0 Å². The Morgan fingerprint density at radius 2 is 1.91 bits per heavy atom. The van der Waals surface area contributed by atoms with Crippen molar-refractivity contribution in [2.24, 2.45) is 5.92 Å². The van der Waals surface area contributed by atoms with Gasteiger partial charge in [0.05, 0.1) is 0 Å². The summed E-state index contributed by atoms with van der Waals surface area (Å²) in [5.74, 6) is -0.173. The molecule has 0 radical (unpaired) electrons. The summed E-state index contributed by atoms with van der Waals surface area (Å²) in [6, 6.07) is 0. The smallest absolute Gasteiger partial charge is 0.224 e. The molecule has 0 N–H and O–H groups in total. The van der Waals surface area contributed by atoms with Crippen LogP contribution in [0.3, 0.4) is 0 Å². The summed E-state index contributed by atoms with van der Waals surface area (Å²) in [5.41, 5.74) is 0. The maximum atomic E-state index is 10.5. The zero-order valence-corrected chi connectivity index (χ0v) is 7.78. The molecule has 0 aromatic heterocycles. The third kappa shape index (κ3) is 6.32. The largest absolute Gasteiger partial charge is 0.281 e. The van der Waals surface area contributed by atoms with Crippen LogP contribution >= 0.6 is 23.2 Å². The van der Waals surface area contributed by atoms with Crippen LogP contribution in [0.1, 0.15) is 26.2 Å². The first-order valence-corrected chi connectivity index (χ1v) is 4.17. The standard InChI is InChI=1S/C7H10Cl2O2/c1-5(7(9)11)3-2-4-6(8)10/h5H,2-4H2,1H3/t5-/m1/s1. The van der Waals surface area contributed by atoms with Gasteiger partial charge in [0.25, 0.3) is 0 Å². The predicted octanol–water partition coefficient (Wildman–Crippen LogP) is 2.32. The Morgan fingerprint density at radius 3 is 2.27 bits per heavy atom. The zero-order valence-electron chi connectivity index (χ0n) is 6.27. The van der Waals surface area contributed by atoms with Gasteiger partial charge in [-0.05, 0) is 36.0 Å². The Hall–Kier alpha value is -0.0800. The Morgan fingerprint density at radius 1 is 1.36 bits per heavy atom. The molecule has 1 atom stereocenters. The summed E-state index contributed by atoms with van der Waals surface area (Å²) < 4.78 is 0. The Bertz CT molecular complexity index is 157. The molecule has 0 unspecified atom stereocenters. The summed E-state index contributed by atoms with van der Waals surface area (Å²) >= 11 is 10.3. The number of carbonyl (C=O) groups excluding carboxylic acids is 2. The summed E-state index contributed by atoms with van der Waals surface area (Å²) in [6.07, 6.45) is 1.57. The van der Waals surface area contributed by atoms with Crippen LogP contribution in [0, 0.1) is 5.92 Å². The monoisotopic (exact) mass is 196 g/mol. The van der Waals surface area contributed by atoms with Crippen molar-refractivity contribution in [2.45, 2.75) is 26.2 Å². The van der Waals surface area contributed by atoms with Crippen LogP contribution in [0.15, 0.2) is 0 Å². The van der Waals surface area contributed by atoms with Gasteiger partial charge >= 0.3 is 0 Å². The van der Waals surface area contributed by atoms with Gasteiger partial charge in [-0.1, -0.05) is 6.92 Å². The van der Waals surface area contributed by atoms with Crippen molar-refractivity contribution in [2.75, 3.05) is 0 Å². The molecule has 0 bridgehead atoms. The summed E-state index contributed by atoms with van der Waals surface area (Å²) in [6.45, 7) is 1.73. The first-order valence-electron chi connectivity index (χ1n) is 3.41.